The second-order valence-electron chi connectivity index (χ2n) is 3.61. The van der Waals surface area contributed by atoms with Crippen molar-refractivity contribution in [3.05, 3.63) is 0 Å². The Morgan fingerprint density at radius 3 is 2.67 bits per heavy atom. The molecule has 1 heterocycles. The highest BCUT2D eigenvalue weighted by Gasteiger charge is 2.21. The lowest BCUT2D eigenvalue weighted by molar-refractivity contribution is -0.893. The molecule has 3 N–H and O–H groups in total. The molecule has 70 valence electrons. The van der Waals surface area contributed by atoms with E-state index < -0.39 is 5.97 Å². The summed E-state index contributed by atoms with van der Waals surface area (Å²) in [4.78, 5) is 11.7. The van der Waals surface area contributed by atoms with E-state index in [1.165, 1.54) is 0 Å². The third-order valence-corrected chi connectivity index (χ3v) is 2.50. The number of nitrogens with two attached hydrogens (primary N) is 1. The lowest BCUT2D eigenvalue weighted by Gasteiger charge is -2.24. The monoisotopic (exact) mass is 173 g/mol. The summed E-state index contributed by atoms with van der Waals surface area (Å²) in [5.74, 6) is -0.957. The fourth-order valence-corrected chi connectivity index (χ4v) is 1.63. The molecule has 1 saturated heterocycles. The van der Waals surface area contributed by atoms with Crippen LogP contribution in [0.4, 0.5) is 0 Å². The summed E-state index contributed by atoms with van der Waals surface area (Å²) < 4.78 is 0. The van der Waals surface area contributed by atoms with E-state index in [0.29, 0.717) is 6.04 Å². The van der Waals surface area contributed by atoms with E-state index in [4.69, 9.17) is 0 Å². The summed E-state index contributed by atoms with van der Waals surface area (Å²) >= 11 is 0. The molecule has 4 nitrogen and oxygen atoms in total. The molecule has 0 spiro atoms. The highest BCUT2D eigenvalue weighted by atomic mass is 16.4. The Kier molecular flexibility index (Phi) is 3.49. The number of piperidine rings is 1. The van der Waals surface area contributed by atoms with E-state index in [0.717, 1.165) is 25.9 Å². The van der Waals surface area contributed by atoms with Gasteiger partial charge in [0, 0.05) is 12.8 Å². The molecule has 0 bridgehead atoms. The quantitative estimate of drug-likeness (QED) is 0.457. The molecule has 0 aliphatic carbocycles. The average Bonchev–Trinajstić information content (AvgIpc) is 2.03. The second kappa shape index (κ2) is 4.42. The number of carboxylic acids is 1. The van der Waals surface area contributed by atoms with Crippen molar-refractivity contribution < 1.29 is 20.1 Å². The standard InChI is InChI=1S/C8H16N2O2/c1-10-4-2-7(3-5-10)9-6-8(11)12/h7,9H,2-6H2,1H3,(H,11,12)/p+1. The normalized spacial score (nSPS) is 30.1. The molecule has 0 aromatic heterocycles. The number of carboxylic acid groups (broad SMARTS) is 1. The minimum Gasteiger partial charge on any atom is -0.544 e. The minimum atomic E-state index is -0.957. The number of likely N-dealkylation sites (tertiary alicyclic amines) is 1. The summed E-state index contributed by atoms with van der Waals surface area (Å²) in [5, 5.41) is 12.0. The lowest BCUT2D eigenvalue weighted by atomic mass is 10.1. The first kappa shape index (κ1) is 9.48. The molecular formula is C8H17N2O2+. The van der Waals surface area contributed by atoms with E-state index in [9.17, 15) is 9.90 Å². The molecule has 0 unspecified atom stereocenters. The second-order valence-corrected chi connectivity index (χ2v) is 3.61. The van der Waals surface area contributed by atoms with E-state index in [2.05, 4.69) is 7.05 Å². The first-order valence-electron chi connectivity index (χ1n) is 4.53. The number of nitrogens with one attached hydrogen (secondary N) is 1. The SMILES string of the molecule is C[NH+]1CCC([NH2+]CC(=O)[O-])CC1. The topological polar surface area (TPSA) is 61.2 Å². The molecule has 12 heavy (non-hydrogen) atoms. The zero-order chi connectivity index (χ0) is 8.97. The first-order chi connectivity index (χ1) is 5.68. The molecule has 0 atom stereocenters. The first-order valence-corrected chi connectivity index (χ1v) is 4.53. The summed E-state index contributed by atoms with van der Waals surface area (Å²) in [5.41, 5.74) is 0. The molecule has 4 heteroatoms. The molecule has 1 aliphatic heterocycles. The average molecular weight is 173 g/mol. The van der Waals surface area contributed by atoms with Gasteiger partial charge in [-0.15, -0.1) is 0 Å². The Morgan fingerprint density at radius 1 is 1.58 bits per heavy atom. The van der Waals surface area contributed by atoms with Crippen LogP contribution in [0.1, 0.15) is 12.8 Å². The number of carbonyl (C=O) groups is 1. The van der Waals surface area contributed by atoms with Crippen molar-refractivity contribution in [1.29, 1.82) is 0 Å². The molecule has 0 radical (unpaired) electrons. The van der Waals surface area contributed by atoms with Crippen LogP contribution in [0.25, 0.3) is 0 Å². The van der Waals surface area contributed by atoms with Crippen molar-refractivity contribution in [2.45, 2.75) is 18.9 Å². The maximum Gasteiger partial charge on any atom is 0.116 e. The number of hydrogen-bond acceptors (Lipinski definition) is 2. The summed E-state index contributed by atoms with van der Waals surface area (Å²) in [6.45, 7) is 2.44. The van der Waals surface area contributed by atoms with Gasteiger partial charge in [-0.2, -0.15) is 0 Å². The van der Waals surface area contributed by atoms with Crippen molar-refractivity contribution in [1.82, 2.24) is 0 Å². The van der Waals surface area contributed by atoms with Gasteiger partial charge in [0.1, 0.15) is 6.54 Å². The summed E-state index contributed by atoms with van der Waals surface area (Å²) in [6.07, 6.45) is 2.25. The third kappa shape index (κ3) is 3.19. The lowest BCUT2D eigenvalue weighted by Crippen LogP contribution is -3.12. The third-order valence-electron chi connectivity index (χ3n) is 2.50. The number of rotatable bonds is 3. The van der Waals surface area contributed by atoms with Crippen LogP contribution >= 0.6 is 0 Å². The number of quaternary nitrogens is 2. The van der Waals surface area contributed by atoms with E-state index in [-0.39, 0.29) is 6.54 Å². The van der Waals surface area contributed by atoms with Gasteiger partial charge >= 0.3 is 0 Å². The van der Waals surface area contributed by atoms with Gasteiger partial charge in [0.15, 0.2) is 0 Å². The molecule has 1 fully saturated rings. The van der Waals surface area contributed by atoms with Crippen LogP contribution in [-0.2, 0) is 4.79 Å². The van der Waals surface area contributed by atoms with Crippen molar-refractivity contribution in [3.63, 3.8) is 0 Å². The zero-order valence-electron chi connectivity index (χ0n) is 7.51. The van der Waals surface area contributed by atoms with Gasteiger partial charge < -0.3 is 20.1 Å². The zero-order valence-corrected chi connectivity index (χ0v) is 7.51. The highest BCUT2D eigenvalue weighted by molar-refractivity contribution is 5.64. The Bertz CT molecular complexity index is 153. The Labute approximate surface area is 72.6 Å². The summed E-state index contributed by atoms with van der Waals surface area (Å²) in [7, 11) is 2.18. The van der Waals surface area contributed by atoms with Gasteiger partial charge in [0.05, 0.1) is 32.1 Å². The molecule has 0 aromatic rings. The van der Waals surface area contributed by atoms with Crippen molar-refractivity contribution in [2.24, 2.45) is 0 Å². The van der Waals surface area contributed by atoms with Crippen LogP contribution in [0.3, 0.4) is 0 Å². The van der Waals surface area contributed by atoms with Crippen LogP contribution in [0.5, 0.6) is 0 Å². The smallest absolute Gasteiger partial charge is 0.116 e. The van der Waals surface area contributed by atoms with Gasteiger partial charge in [-0.05, 0) is 0 Å². The Balaban J connectivity index is 2.13. The van der Waals surface area contributed by atoms with Crippen LogP contribution in [0, 0.1) is 0 Å². The highest BCUT2D eigenvalue weighted by Crippen LogP contribution is 1.91. The van der Waals surface area contributed by atoms with Gasteiger partial charge in [-0.1, -0.05) is 0 Å². The van der Waals surface area contributed by atoms with Crippen LogP contribution in [0.2, 0.25) is 0 Å². The molecule has 0 amide bonds. The van der Waals surface area contributed by atoms with E-state index in [1.54, 1.807) is 4.90 Å². The fraction of sp³-hybridized carbons (Fsp3) is 0.875. The van der Waals surface area contributed by atoms with Crippen LogP contribution < -0.4 is 15.3 Å². The maximum absolute atomic E-state index is 10.2. The van der Waals surface area contributed by atoms with Gasteiger partial charge in [0.2, 0.25) is 0 Å². The predicted octanol–water partition coefficient (Wildman–Crippen LogP) is -4.02. The number of carbonyl (C=O) groups excluding carboxylic acids is 1. The summed E-state index contributed by atoms with van der Waals surface area (Å²) in [6, 6.07) is 0.506. The van der Waals surface area contributed by atoms with Crippen LogP contribution in [0.15, 0.2) is 0 Å². The van der Waals surface area contributed by atoms with Crippen molar-refractivity contribution in [3.8, 4) is 0 Å². The van der Waals surface area contributed by atoms with Crippen LogP contribution in [-0.4, -0.2) is 38.7 Å². The maximum atomic E-state index is 10.2. The van der Waals surface area contributed by atoms with E-state index in [1.807, 2.05) is 5.32 Å². The molecule has 1 aliphatic rings. The van der Waals surface area contributed by atoms with Crippen molar-refractivity contribution in [2.75, 3.05) is 26.7 Å². The number of aliphatic carboxylic acids is 1. The molecule has 1 rings (SSSR count). The molecular weight excluding hydrogens is 156 g/mol. The minimum absolute atomic E-state index is 0.115. The largest absolute Gasteiger partial charge is 0.544 e. The van der Waals surface area contributed by atoms with Gasteiger partial charge in [-0.3, -0.25) is 0 Å². The van der Waals surface area contributed by atoms with Gasteiger partial charge in [0.25, 0.3) is 0 Å². The van der Waals surface area contributed by atoms with E-state index >= 15 is 0 Å². The van der Waals surface area contributed by atoms with Gasteiger partial charge in [-0.25, -0.2) is 0 Å². The Hall–Kier alpha value is -0.610. The fourth-order valence-electron chi connectivity index (χ4n) is 1.63. The molecule has 0 aromatic carbocycles. The number of hydrogen-bond donors (Lipinski definition) is 2. The predicted molar refractivity (Wildman–Crippen MR) is 41.4 cm³/mol. The Morgan fingerprint density at radius 2 is 2.17 bits per heavy atom. The van der Waals surface area contributed by atoms with Crippen molar-refractivity contribution >= 4 is 5.97 Å². The molecule has 0 saturated carbocycles.